The molecule has 138 valence electrons. The van der Waals surface area contributed by atoms with E-state index in [1.165, 1.54) is 4.90 Å². The molecule has 0 saturated carbocycles. The van der Waals surface area contributed by atoms with Crippen molar-refractivity contribution in [1.82, 2.24) is 10.1 Å². The summed E-state index contributed by atoms with van der Waals surface area (Å²) in [6.45, 7) is 1.04. The summed E-state index contributed by atoms with van der Waals surface area (Å²) in [5.74, 6) is 1.01. The van der Waals surface area contributed by atoms with Crippen LogP contribution >= 0.6 is 11.8 Å². The monoisotopic (exact) mass is 380 g/mol. The molecule has 1 saturated heterocycles. The van der Waals surface area contributed by atoms with Crippen molar-refractivity contribution in [2.75, 3.05) is 17.7 Å². The third kappa shape index (κ3) is 3.61. The molecule has 0 aliphatic carbocycles. The molecule has 2 aromatic carbocycles. The first-order valence-electron chi connectivity index (χ1n) is 8.75. The predicted molar refractivity (Wildman–Crippen MR) is 106 cm³/mol. The summed E-state index contributed by atoms with van der Waals surface area (Å²) in [6, 6.07) is 15.8. The molecular weight excluding hydrogens is 360 g/mol. The number of hydrogen-bond donors (Lipinski definition) is 1. The second-order valence-corrected chi connectivity index (χ2v) is 7.34. The van der Waals surface area contributed by atoms with Crippen LogP contribution in [0.4, 0.5) is 5.69 Å². The Morgan fingerprint density at radius 1 is 1.19 bits per heavy atom. The molecule has 6 nitrogen and oxygen atoms in total. The first-order chi connectivity index (χ1) is 13.2. The number of carbonyl (C=O) groups excluding carboxylic acids is 1. The van der Waals surface area contributed by atoms with Crippen molar-refractivity contribution in [1.29, 1.82) is 0 Å². The number of nitrogens with two attached hydrogens (primary N) is 1. The number of nitrogens with zero attached hydrogens (tertiary/aromatic N) is 3. The minimum atomic E-state index is -0.0951. The fourth-order valence-electron chi connectivity index (χ4n) is 3.19. The van der Waals surface area contributed by atoms with Crippen molar-refractivity contribution in [3.8, 4) is 11.4 Å². The van der Waals surface area contributed by atoms with Gasteiger partial charge in [-0.2, -0.15) is 4.98 Å². The summed E-state index contributed by atoms with van der Waals surface area (Å²) in [4.78, 5) is 20.0. The molecule has 1 aromatic heterocycles. The average molecular weight is 380 g/mol. The number of anilines is 1. The molecule has 1 unspecified atom stereocenters. The van der Waals surface area contributed by atoms with Gasteiger partial charge >= 0.3 is 0 Å². The van der Waals surface area contributed by atoms with Gasteiger partial charge in [0.1, 0.15) is 0 Å². The van der Waals surface area contributed by atoms with Crippen LogP contribution in [-0.4, -0.2) is 28.8 Å². The van der Waals surface area contributed by atoms with Crippen LogP contribution in [0.3, 0.4) is 0 Å². The molecule has 1 amide bonds. The van der Waals surface area contributed by atoms with Gasteiger partial charge in [0.05, 0.1) is 5.92 Å². The Labute approximate surface area is 161 Å². The fraction of sp³-hybridized carbons (Fsp3) is 0.250. The molecule has 7 heteroatoms. The lowest BCUT2D eigenvalue weighted by molar-refractivity contribution is -0.117. The van der Waals surface area contributed by atoms with Gasteiger partial charge in [0.15, 0.2) is 0 Å². The zero-order valence-corrected chi connectivity index (χ0v) is 15.8. The van der Waals surface area contributed by atoms with Crippen LogP contribution in [0.5, 0.6) is 0 Å². The van der Waals surface area contributed by atoms with Crippen LogP contribution in [0.15, 0.2) is 57.9 Å². The highest BCUT2D eigenvalue weighted by atomic mass is 32.2. The van der Waals surface area contributed by atoms with E-state index in [-0.39, 0.29) is 11.8 Å². The summed E-state index contributed by atoms with van der Waals surface area (Å²) in [7, 11) is 0. The lowest BCUT2D eigenvalue weighted by Gasteiger charge is -2.16. The first kappa shape index (κ1) is 17.8. The topological polar surface area (TPSA) is 85.2 Å². The van der Waals surface area contributed by atoms with Crippen LogP contribution < -0.4 is 10.6 Å². The normalized spacial score (nSPS) is 16.9. The van der Waals surface area contributed by atoms with Crippen LogP contribution in [0.25, 0.3) is 11.4 Å². The largest absolute Gasteiger partial charge is 0.339 e. The van der Waals surface area contributed by atoms with E-state index in [9.17, 15) is 4.79 Å². The van der Waals surface area contributed by atoms with Crippen molar-refractivity contribution < 1.29 is 9.32 Å². The van der Waals surface area contributed by atoms with E-state index in [1.54, 1.807) is 16.7 Å². The lowest BCUT2D eigenvalue weighted by Crippen LogP contribution is -2.24. The molecule has 0 radical (unpaired) electrons. The van der Waals surface area contributed by atoms with Gasteiger partial charge in [-0.3, -0.25) is 4.79 Å². The summed E-state index contributed by atoms with van der Waals surface area (Å²) in [5, 5.41) is 4.08. The van der Waals surface area contributed by atoms with Gasteiger partial charge < -0.3 is 15.2 Å². The molecule has 4 rings (SSSR count). The number of benzene rings is 2. The van der Waals surface area contributed by atoms with Gasteiger partial charge in [0.2, 0.25) is 17.6 Å². The van der Waals surface area contributed by atoms with Gasteiger partial charge in [0, 0.05) is 35.7 Å². The van der Waals surface area contributed by atoms with Crippen LogP contribution in [-0.2, 0) is 11.3 Å². The third-order valence-corrected chi connectivity index (χ3v) is 5.49. The Balaban J connectivity index is 1.51. The summed E-state index contributed by atoms with van der Waals surface area (Å²) in [5.41, 5.74) is 8.45. The number of aromatic nitrogens is 2. The van der Waals surface area contributed by atoms with Gasteiger partial charge in [-0.25, -0.2) is 0 Å². The maximum absolute atomic E-state index is 12.5. The lowest BCUT2D eigenvalue weighted by atomic mass is 10.1. The van der Waals surface area contributed by atoms with Crippen molar-refractivity contribution in [2.24, 2.45) is 5.73 Å². The third-order valence-electron chi connectivity index (χ3n) is 4.75. The maximum atomic E-state index is 12.5. The van der Waals surface area contributed by atoms with Crippen LogP contribution in [0, 0.1) is 0 Å². The molecule has 3 aromatic rings. The Kier molecular flexibility index (Phi) is 4.96. The number of hydrogen-bond acceptors (Lipinski definition) is 6. The average Bonchev–Trinajstić information content (AvgIpc) is 3.35. The molecule has 0 bridgehead atoms. The van der Waals surface area contributed by atoms with Crippen molar-refractivity contribution in [3.63, 3.8) is 0 Å². The highest BCUT2D eigenvalue weighted by Gasteiger charge is 2.35. The van der Waals surface area contributed by atoms with Crippen LogP contribution in [0.2, 0.25) is 0 Å². The SMILES string of the molecule is CSc1ccc(N2CC(c3nc(-c4ccc(CN)cc4)no3)CC2=O)cc1. The summed E-state index contributed by atoms with van der Waals surface area (Å²) < 4.78 is 5.46. The number of thioether (sulfide) groups is 1. The Morgan fingerprint density at radius 3 is 2.59 bits per heavy atom. The second-order valence-electron chi connectivity index (χ2n) is 6.46. The van der Waals surface area contributed by atoms with Gasteiger partial charge in [-0.05, 0) is 36.1 Å². The number of carbonyl (C=O) groups is 1. The first-order valence-corrected chi connectivity index (χ1v) is 9.98. The molecule has 1 fully saturated rings. The molecule has 2 N–H and O–H groups in total. The van der Waals surface area contributed by atoms with E-state index >= 15 is 0 Å². The van der Waals surface area contributed by atoms with Gasteiger partial charge in [0.25, 0.3) is 0 Å². The molecule has 27 heavy (non-hydrogen) atoms. The second kappa shape index (κ2) is 7.54. The van der Waals surface area contributed by atoms with E-state index in [2.05, 4.69) is 10.1 Å². The zero-order chi connectivity index (χ0) is 18.8. The molecular formula is C20H20N4O2S. The molecule has 2 heterocycles. The zero-order valence-electron chi connectivity index (χ0n) is 15.0. The van der Waals surface area contributed by atoms with Crippen molar-refractivity contribution in [3.05, 3.63) is 60.0 Å². The standard InChI is InChI=1S/C20H20N4O2S/c1-27-17-8-6-16(7-9-17)24-12-15(10-18(24)25)20-22-19(23-26-20)14-4-2-13(11-21)3-5-14/h2-9,15H,10-12,21H2,1H3. The van der Waals surface area contributed by atoms with Crippen molar-refractivity contribution in [2.45, 2.75) is 23.8 Å². The Hall–Kier alpha value is -2.64. The minimum absolute atomic E-state index is 0.0731. The van der Waals surface area contributed by atoms with Gasteiger partial charge in [-0.1, -0.05) is 29.4 Å². The summed E-state index contributed by atoms with van der Waals surface area (Å²) >= 11 is 1.68. The molecule has 1 aliphatic rings. The molecule has 1 atom stereocenters. The maximum Gasteiger partial charge on any atom is 0.232 e. The quantitative estimate of drug-likeness (QED) is 0.683. The van der Waals surface area contributed by atoms with Gasteiger partial charge in [-0.15, -0.1) is 11.8 Å². The number of rotatable bonds is 5. The highest BCUT2D eigenvalue weighted by molar-refractivity contribution is 7.98. The van der Waals surface area contributed by atoms with Crippen molar-refractivity contribution >= 4 is 23.4 Å². The van der Waals surface area contributed by atoms with E-state index in [1.807, 2.05) is 54.8 Å². The van der Waals surface area contributed by atoms with E-state index in [0.717, 1.165) is 16.8 Å². The number of amides is 1. The van der Waals surface area contributed by atoms with E-state index in [4.69, 9.17) is 10.3 Å². The Morgan fingerprint density at radius 2 is 1.93 bits per heavy atom. The summed E-state index contributed by atoms with van der Waals surface area (Å²) in [6.07, 6.45) is 2.40. The smallest absolute Gasteiger partial charge is 0.232 e. The molecule has 0 spiro atoms. The predicted octanol–water partition coefficient (Wildman–Crippen LogP) is 3.44. The van der Waals surface area contributed by atoms with Crippen LogP contribution in [0.1, 0.15) is 23.8 Å². The van der Waals surface area contributed by atoms with E-state index < -0.39 is 0 Å². The highest BCUT2D eigenvalue weighted by Crippen LogP contribution is 2.32. The van der Waals surface area contributed by atoms with E-state index in [0.29, 0.717) is 31.2 Å². The Bertz CT molecular complexity index is 937. The fourth-order valence-corrected chi connectivity index (χ4v) is 3.60. The molecule has 1 aliphatic heterocycles. The minimum Gasteiger partial charge on any atom is -0.339 e.